The van der Waals surface area contributed by atoms with E-state index in [1.54, 1.807) is 41.1 Å². The van der Waals surface area contributed by atoms with Crippen LogP contribution in [0.1, 0.15) is 6.42 Å². The monoisotopic (exact) mass is 436 g/mol. The molecule has 0 amide bonds. The van der Waals surface area contributed by atoms with Crippen molar-refractivity contribution in [1.29, 1.82) is 0 Å². The largest absolute Gasteiger partial charge is 0.392 e. The summed E-state index contributed by atoms with van der Waals surface area (Å²) in [7, 11) is 0. The second-order valence-corrected chi connectivity index (χ2v) is 6.99. The van der Waals surface area contributed by atoms with Gasteiger partial charge in [0.25, 0.3) is 5.65 Å². The number of benzene rings is 1. The summed E-state index contributed by atoms with van der Waals surface area (Å²) >= 11 is 17.7. The van der Waals surface area contributed by atoms with E-state index in [0.29, 0.717) is 40.7 Å². The van der Waals surface area contributed by atoms with Crippen molar-refractivity contribution in [2.45, 2.75) is 13.0 Å². The molecule has 0 aliphatic carbocycles. The van der Waals surface area contributed by atoms with Crippen molar-refractivity contribution < 1.29 is 9.40 Å². The molecule has 8 heteroatoms. The van der Waals surface area contributed by atoms with E-state index in [1.165, 1.54) is 5.54 Å². The maximum Gasteiger partial charge on any atom is 0.350 e. The third-order valence-corrected chi connectivity index (χ3v) is 4.56. The number of halogens is 3. The first-order valence-electron chi connectivity index (χ1n) is 8.49. The smallest absolute Gasteiger partial charge is 0.350 e. The van der Waals surface area contributed by atoms with Crippen molar-refractivity contribution in [3.05, 3.63) is 80.8 Å². The molecule has 3 rings (SSSR count). The lowest BCUT2D eigenvalue weighted by Crippen LogP contribution is -2.40. The molecule has 0 spiro atoms. The molecule has 5 nitrogen and oxygen atoms in total. The van der Waals surface area contributed by atoms with Gasteiger partial charge in [-0.15, -0.1) is 0 Å². The van der Waals surface area contributed by atoms with Crippen LogP contribution in [0, 0.1) is 0 Å². The van der Waals surface area contributed by atoms with Gasteiger partial charge in [-0.05, 0) is 35.9 Å². The van der Waals surface area contributed by atoms with Crippen molar-refractivity contribution in [2.24, 2.45) is 5.16 Å². The first kappa shape index (κ1) is 20.4. The summed E-state index contributed by atoms with van der Waals surface area (Å²) in [6.45, 7) is 0.920. The van der Waals surface area contributed by atoms with Gasteiger partial charge in [0.15, 0.2) is 0 Å². The van der Waals surface area contributed by atoms with Gasteiger partial charge in [-0.3, -0.25) is 0 Å². The van der Waals surface area contributed by atoms with Gasteiger partial charge in [-0.2, -0.15) is 4.40 Å². The molecule has 1 aromatic carbocycles. The Balaban J connectivity index is 1.95. The van der Waals surface area contributed by atoms with E-state index in [-0.39, 0.29) is 5.56 Å². The molecular formula is C20H17Cl3N3O2+. The zero-order valence-electron chi connectivity index (χ0n) is 14.8. The zero-order chi connectivity index (χ0) is 19.9. The number of pyridine rings is 1. The van der Waals surface area contributed by atoms with Crippen molar-refractivity contribution in [3.8, 4) is 11.1 Å². The second kappa shape index (κ2) is 9.73. The third kappa shape index (κ3) is 4.93. The topological polar surface area (TPSA) is 47.0 Å². The first-order valence-corrected chi connectivity index (χ1v) is 9.68. The minimum Gasteiger partial charge on any atom is -0.392 e. The van der Waals surface area contributed by atoms with E-state index < -0.39 is 0 Å². The minimum absolute atomic E-state index is 0.143. The maximum absolute atomic E-state index is 13.0. The summed E-state index contributed by atoms with van der Waals surface area (Å²) in [5.74, 6) is 0. The van der Waals surface area contributed by atoms with Gasteiger partial charge in [-0.1, -0.05) is 46.0 Å². The highest BCUT2D eigenvalue weighted by Crippen LogP contribution is 2.25. The molecule has 0 bridgehead atoms. The number of hydrogen-bond acceptors (Lipinski definition) is 3. The van der Waals surface area contributed by atoms with Crippen molar-refractivity contribution in [3.63, 3.8) is 0 Å². The van der Waals surface area contributed by atoms with Gasteiger partial charge in [-0.25, -0.2) is 9.36 Å². The number of oxime groups is 1. The van der Waals surface area contributed by atoms with Gasteiger partial charge >= 0.3 is 5.56 Å². The summed E-state index contributed by atoms with van der Waals surface area (Å²) in [4.78, 5) is 18.0. The Morgan fingerprint density at radius 3 is 2.71 bits per heavy atom. The molecule has 0 fully saturated rings. The van der Waals surface area contributed by atoms with Crippen molar-refractivity contribution in [1.82, 2.24) is 4.40 Å². The normalized spacial score (nSPS) is 11.7. The molecule has 0 saturated carbocycles. The van der Waals surface area contributed by atoms with Crippen LogP contribution in [0.4, 0.5) is 0 Å². The van der Waals surface area contributed by atoms with Crippen LogP contribution < -0.4 is 10.1 Å². The van der Waals surface area contributed by atoms with Gasteiger partial charge in [0.1, 0.15) is 18.4 Å². The molecule has 2 heterocycles. The lowest BCUT2D eigenvalue weighted by atomic mass is 10.1. The SMILES string of the molecule is O=c1c(-c2cc(Cl)cc(Cl)c2)c[n+](CCC=NOC/C=C\Cl)c2ccccn12. The maximum atomic E-state index is 13.0. The summed E-state index contributed by atoms with van der Waals surface area (Å²) in [6, 6.07) is 10.7. The van der Waals surface area contributed by atoms with Crippen molar-refractivity contribution in [2.75, 3.05) is 6.61 Å². The van der Waals surface area contributed by atoms with E-state index in [4.69, 9.17) is 39.6 Å². The van der Waals surface area contributed by atoms with Crippen molar-refractivity contribution >= 4 is 46.7 Å². The second-order valence-electron chi connectivity index (χ2n) is 5.86. The highest BCUT2D eigenvalue weighted by Gasteiger charge is 2.17. The standard InChI is InChI=1S/C20H17Cl3N3O2/c21-6-3-10-28-24-7-4-8-25-14-18(15-11-16(22)13-17(23)12-15)20(27)26-9-2-1-5-19(25)26/h1-3,5-7,9,11-14H,4,8,10H2/q+1/b6-3-,24-7?. The minimum atomic E-state index is -0.143. The number of fused-ring (bicyclic) bond motifs is 1. The summed E-state index contributed by atoms with van der Waals surface area (Å²) in [5, 5.41) is 4.82. The van der Waals surface area contributed by atoms with Gasteiger partial charge < -0.3 is 4.84 Å². The van der Waals surface area contributed by atoms with Crippen LogP contribution in [0.15, 0.2) is 70.4 Å². The molecule has 0 aliphatic heterocycles. The van der Waals surface area contributed by atoms with Crippen LogP contribution in [0.2, 0.25) is 10.0 Å². The van der Waals surface area contributed by atoms with Crippen LogP contribution in [0.5, 0.6) is 0 Å². The Morgan fingerprint density at radius 2 is 1.96 bits per heavy atom. The number of hydrogen-bond donors (Lipinski definition) is 0. The molecule has 0 unspecified atom stereocenters. The lowest BCUT2D eigenvalue weighted by Gasteiger charge is -2.07. The van der Waals surface area contributed by atoms with E-state index in [0.717, 1.165) is 5.65 Å². The first-order chi connectivity index (χ1) is 13.6. The summed E-state index contributed by atoms with van der Waals surface area (Å²) in [6.07, 6.45) is 7.49. The highest BCUT2D eigenvalue weighted by atomic mass is 35.5. The lowest BCUT2D eigenvalue weighted by molar-refractivity contribution is -0.672. The number of rotatable bonds is 7. The average molecular weight is 438 g/mol. The Hall–Kier alpha value is -2.34. The molecule has 0 aliphatic rings. The average Bonchev–Trinajstić information content (AvgIpc) is 2.68. The van der Waals surface area contributed by atoms with E-state index in [2.05, 4.69) is 5.16 Å². The van der Waals surface area contributed by atoms with Crippen LogP contribution in [-0.4, -0.2) is 17.2 Å². The number of aryl methyl sites for hydroxylation is 1. The summed E-state index contributed by atoms with van der Waals surface area (Å²) < 4.78 is 3.58. The molecular weight excluding hydrogens is 421 g/mol. The predicted molar refractivity (Wildman–Crippen MR) is 113 cm³/mol. The Labute approximate surface area is 177 Å². The quantitative estimate of drug-likeness (QED) is 0.233. The van der Waals surface area contributed by atoms with Crippen LogP contribution >= 0.6 is 34.8 Å². The molecule has 3 aromatic rings. The molecule has 0 saturated heterocycles. The van der Waals surface area contributed by atoms with Gasteiger partial charge in [0.2, 0.25) is 0 Å². The van der Waals surface area contributed by atoms with E-state index >= 15 is 0 Å². The molecule has 0 radical (unpaired) electrons. The molecule has 144 valence electrons. The zero-order valence-corrected chi connectivity index (χ0v) is 17.0. The fourth-order valence-electron chi connectivity index (χ4n) is 2.76. The Kier molecular flexibility index (Phi) is 7.09. The van der Waals surface area contributed by atoms with Crippen LogP contribution in [-0.2, 0) is 11.4 Å². The van der Waals surface area contributed by atoms with Crippen LogP contribution in [0.25, 0.3) is 16.8 Å². The van der Waals surface area contributed by atoms with Gasteiger partial charge in [0.05, 0.1) is 12.7 Å². The highest BCUT2D eigenvalue weighted by molar-refractivity contribution is 6.35. The fraction of sp³-hybridized carbons (Fsp3) is 0.150. The third-order valence-electron chi connectivity index (χ3n) is 3.95. The van der Waals surface area contributed by atoms with Crippen LogP contribution in [0.3, 0.4) is 0 Å². The van der Waals surface area contributed by atoms with E-state index in [1.807, 2.05) is 29.0 Å². The molecule has 28 heavy (non-hydrogen) atoms. The molecule has 0 N–H and O–H groups in total. The predicted octanol–water partition coefficient (Wildman–Crippen LogP) is 4.71. The Bertz CT molecular complexity index is 1070. The molecule has 2 aromatic heterocycles. The van der Waals surface area contributed by atoms with E-state index in [9.17, 15) is 4.79 Å². The summed E-state index contributed by atoms with van der Waals surface area (Å²) in [5.41, 5.74) is 3.18. The van der Waals surface area contributed by atoms with Gasteiger partial charge in [0, 0.05) is 34.3 Å². The molecule has 0 atom stereocenters. The fourth-order valence-corrected chi connectivity index (χ4v) is 3.36. The number of nitrogens with zero attached hydrogens (tertiary/aromatic N) is 3. The number of aromatic nitrogens is 2. The Morgan fingerprint density at radius 1 is 1.18 bits per heavy atom.